The van der Waals surface area contributed by atoms with E-state index in [1.165, 1.54) is 30.0 Å². The molecular weight excluding hydrogens is 436 g/mol. The van der Waals surface area contributed by atoms with Crippen LogP contribution in [0.25, 0.3) is 0 Å². The van der Waals surface area contributed by atoms with Gasteiger partial charge < -0.3 is 14.7 Å². The molecule has 33 heavy (non-hydrogen) atoms. The lowest BCUT2D eigenvalue weighted by atomic mass is 10.0. The summed E-state index contributed by atoms with van der Waals surface area (Å²) < 4.78 is 34.9. The summed E-state index contributed by atoms with van der Waals surface area (Å²) in [5.74, 6) is 7.53. The molecular formula is C26H40N2O4S. The zero-order valence-corrected chi connectivity index (χ0v) is 21.4. The van der Waals surface area contributed by atoms with Gasteiger partial charge in [-0.25, -0.2) is 8.42 Å². The molecule has 1 fully saturated rings. The zero-order valence-electron chi connectivity index (χ0n) is 20.6. The van der Waals surface area contributed by atoms with E-state index in [0.717, 1.165) is 24.9 Å². The summed E-state index contributed by atoms with van der Waals surface area (Å²) in [6.45, 7) is 7.63. The SMILES string of the molecule is CCCN(C)C[C@H]1Oc2cc(C#CCC3CCCC3)ccc2S(=O)(=O)N([C@H](C)CO)C[C@H]1C. The van der Waals surface area contributed by atoms with Crippen molar-refractivity contribution in [2.75, 3.05) is 33.3 Å². The van der Waals surface area contributed by atoms with E-state index in [4.69, 9.17) is 4.74 Å². The highest BCUT2D eigenvalue weighted by Crippen LogP contribution is 2.34. The van der Waals surface area contributed by atoms with Gasteiger partial charge in [0.15, 0.2) is 0 Å². The first-order valence-corrected chi connectivity index (χ1v) is 13.8. The van der Waals surface area contributed by atoms with Gasteiger partial charge in [0.1, 0.15) is 16.7 Å². The number of sulfonamides is 1. The summed E-state index contributed by atoms with van der Waals surface area (Å²) >= 11 is 0. The molecule has 0 aromatic heterocycles. The van der Waals surface area contributed by atoms with Gasteiger partial charge in [-0.05, 0) is 63.9 Å². The van der Waals surface area contributed by atoms with Crippen molar-refractivity contribution < 1.29 is 18.3 Å². The van der Waals surface area contributed by atoms with E-state index >= 15 is 0 Å². The first kappa shape index (κ1) is 26.0. The van der Waals surface area contributed by atoms with Crippen LogP contribution in [0.2, 0.25) is 0 Å². The fraction of sp³-hybridized carbons (Fsp3) is 0.692. The number of aliphatic hydroxyl groups excluding tert-OH is 1. The second kappa shape index (κ2) is 11.7. The van der Waals surface area contributed by atoms with Crippen LogP contribution in [0.5, 0.6) is 5.75 Å². The fourth-order valence-corrected chi connectivity index (χ4v) is 6.64. The number of likely N-dealkylation sites (N-methyl/N-ethyl adjacent to an activating group) is 1. The molecule has 0 spiro atoms. The van der Waals surface area contributed by atoms with Gasteiger partial charge in [-0.3, -0.25) is 0 Å². The number of hydrogen-bond acceptors (Lipinski definition) is 5. The predicted octanol–water partition coefficient (Wildman–Crippen LogP) is 3.73. The molecule has 1 aromatic rings. The number of hydrogen-bond donors (Lipinski definition) is 1. The highest BCUT2D eigenvalue weighted by atomic mass is 32.2. The van der Waals surface area contributed by atoms with Gasteiger partial charge >= 0.3 is 0 Å². The lowest BCUT2D eigenvalue weighted by Gasteiger charge is -2.37. The Bertz CT molecular complexity index is 947. The summed E-state index contributed by atoms with van der Waals surface area (Å²) in [5, 5.41) is 9.76. The van der Waals surface area contributed by atoms with Gasteiger partial charge in [0.2, 0.25) is 10.0 Å². The second-order valence-corrected chi connectivity index (χ2v) is 11.7. The van der Waals surface area contributed by atoms with Crippen molar-refractivity contribution in [3.05, 3.63) is 23.8 Å². The van der Waals surface area contributed by atoms with Crippen LogP contribution in [0.4, 0.5) is 0 Å². The fourth-order valence-electron chi connectivity index (χ4n) is 4.81. The molecule has 1 heterocycles. The third-order valence-electron chi connectivity index (χ3n) is 6.86. The van der Waals surface area contributed by atoms with Gasteiger partial charge in [0.25, 0.3) is 0 Å². The van der Waals surface area contributed by atoms with E-state index < -0.39 is 16.1 Å². The zero-order chi connectivity index (χ0) is 24.0. The van der Waals surface area contributed by atoms with Gasteiger partial charge in [0.05, 0.1) is 6.61 Å². The van der Waals surface area contributed by atoms with Crippen LogP contribution >= 0.6 is 0 Å². The molecule has 0 amide bonds. The number of rotatable bonds is 7. The second-order valence-electron chi connectivity index (χ2n) is 9.82. The van der Waals surface area contributed by atoms with Crippen molar-refractivity contribution >= 4 is 10.0 Å². The molecule has 3 atom stereocenters. The summed E-state index contributed by atoms with van der Waals surface area (Å²) in [5.41, 5.74) is 0.776. The molecule has 1 aromatic carbocycles. The maximum atomic E-state index is 13.5. The average molecular weight is 477 g/mol. The summed E-state index contributed by atoms with van der Waals surface area (Å²) in [6, 6.07) is 4.65. The summed E-state index contributed by atoms with van der Waals surface area (Å²) in [4.78, 5) is 2.38. The quantitative estimate of drug-likeness (QED) is 0.608. The van der Waals surface area contributed by atoms with Crippen molar-refractivity contribution in [3.63, 3.8) is 0 Å². The molecule has 0 bridgehead atoms. The van der Waals surface area contributed by atoms with Gasteiger partial charge in [-0.1, -0.05) is 38.5 Å². The molecule has 3 rings (SSSR count). The molecule has 1 N–H and O–H groups in total. The van der Waals surface area contributed by atoms with Crippen molar-refractivity contribution in [1.82, 2.24) is 9.21 Å². The van der Waals surface area contributed by atoms with Crippen molar-refractivity contribution in [1.29, 1.82) is 0 Å². The maximum Gasteiger partial charge on any atom is 0.247 e. The molecule has 1 saturated carbocycles. The number of fused-ring (bicyclic) bond motifs is 1. The topological polar surface area (TPSA) is 70.1 Å². The third-order valence-corrected chi connectivity index (χ3v) is 8.88. The van der Waals surface area contributed by atoms with E-state index in [2.05, 4.69) is 30.7 Å². The Balaban J connectivity index is 1.96. The molecule has 6 nitrogen and oxygen atoms in total. The first-order chi connectivity index (χ1) is 15.8. The Hall–Kier alpha value is -1.59. The van der Waals surface area contributed by atoms with Crippen LogP contribution in [0.15, 0.2) is 23.1 Å². The van der Waals surface area contributed by atoms with E-state index in [0.29, 0.717) is 24.8 Å². The molecule has 1 aliphatic heterocycles. The molecule has 0 radical (unpaired) electrons. The van der Waals surface area contributed by atoms with Crippen LogP contribution in [0.3, 0.4) is 0 Å². The molecule has 184 valence electrons. The van der Waals surface area contributed by atoms with Crippen LogP contribution < -0.4 is 4.74 Å². The monoisotopic (exact) mass is 476 g/mol. The third kappa shape index (κ3) is 6.51. The van der Waals surface area contributed by atoms with Gasteiger partial charge in [-0.2, -0.15) is 4.31 Å². The van der Waals surface area contributed by atoms with Gasteiger partial charge in [-0.15, -0.1) is 0 Å². The predicted molar refractivity (Wildman–Crippen MR) is 132 cm³/mol. The smallest absolute Gasteiger partial charge is 0.247 e. The lowest BCUT2D eigenvalue weighted by Crippen LogP contribution is -2.49. The van der Waals surface area contributed by atoms with E-state index in [-0.39, 0.29) is 23.5 Å². The van der Waals surface area contributed by atoms with Crippen LogP contribution in [-0.4, -0.2) is 68.2 Å². The Morgan fingerprint density at radius 2 is 2.03 bits per heavy atom. The van der Waals surface area contributed by atoms with Crippen molar-refractivity contribution in [2.45, 2.75) is 76.3 Å². The van der Waals surface area contributed by atoms with E-state index in [1.54, 1.807) is 25.1 Å². The average Bonchev–Trinajstić information content (AvgIpc) is 3.29. The minimum Gasteiger partial charge on any atom is -0.487 e. The molecule has 0 saturated heterocycles. The standard InChI is InChI=1S/C26H40N2O4S/c1-5-15-27(4)18-25-20(2)17-28(21(3)19-29)33(30,31)26-14-13-23(16-24(26)32-25)12-8-11-22-9-6-7-10-22/h13-14,16,20-22,25,29H,5-7,9-11,15,17-19H2,1-4H3/t20-,21-,25-/m1/s1. The van der Waals surface area contributed by atoms with Gasteiger partial charge in [0, 0.05) is 37.0 Å². The van der Waals surface area contributed by atoms with Crippen LogP contribution in [0, 0.1) is 23.7 Å². The minimum absolute atomic E-state index is 0.0432. The number of aliphatic hydroxyl groups is 1. The molecule has 0 unspecified atom stereocenters. The Morgan fingerprint density at radius 1 is 1.30 bits per heavy atom. The summed E-state index contributed by atoms with van der Waals surface area (Å²) in [7, 11) is -1.75. The Morgan fingerprint density at radius 3 is 2.70 bits per heavy atom. The number of ether oxygens (including phenoxy) is 1. The molecule has 1 aliphatic carbocycles. The van der Waals surface area contributed by atoms with Crippen LogP contribution in [0.1, 0.15) is 64.9 Å². The lowest BCUT2D eigenvalue weighted by molar-refractivity contribution is 0.0752. The first-order valence-electron chi connectivity index (χ1n) is 12.4. The maximum absolute atomic E-state index is 13.5. The number of nitrogens with zero attached hydrogens (tertiary/aromatic N) is 2. The van der Waals surface area contributed by atoms with E-state index in [1.807, 2.05) is 6.92 Å². The minimum atomic E-state index is -3.81. The largest absolute Gasteiger partial charge is 0.487 e. The highest BCUT2D eigenvalue weighted by Gasteiger charge is 2.38. The molecule has 7 heteroatoms. The Kier molecular flexibility index (Phi) is 9.23. The summed E-state index contributed by atoms with van der Waals surface area (Å²) in [6.07, 6.45) is 6.85. The van der Waals surface area contributed by atoms with Crippen molar-refractivity contribution in [3.8, 4) is 17.6 Å². The van der Waals surface area contributed by atoms with Crippen molar-refractivity contribution in [2.24, 2.45) is 11.8 Å². The molecule has 2 aliphatic rings. The van der Waals surface area contributed by atoms with E-state index in [9.17, 15) is 13.5 Å². The Labute approximate surface area is 200 Å². The normalized spacial score (nSPS) is 24.3. The van der Waals surface area contributed by atoms with Crippen LogP contribution in [-0.2, 0) is 10.0 Å². The highest BCUT2D eigenvalue weighted by molar-refractivity contribution is 7.89. The number of benzene rings is 1.